The minimum Gasteiger partial charge on any atom is -0.447 e. The van der Waals surface area contributed by atoms with Crippen molar-refractivity contribution in [2.24, 2.45) is 0 Å². The van der Waals surface area contributed by atoms with E-state index in [0.29, 0.717) is 24.3 Å². The predicted molar refractivity (Wildman–Crippen MR) is 87.4 cm³/mol. The number of amides is 1. The third-order valence-corrected chi connectivity index (χ3v) is 4.23. The summed E-state index contributed by atoms with van der Waals surface area (Å²) in [5.74, 6) is -1.40. The first kappa shape index (κ1) is 18.0. The smallest absolute Gasteiger partial charge is 0.410 e. The Morgan fingerprint density at radius 2 is 2.12 bits per heavy atom. The Balaban J connectivity index is 1.91. The molecule has 138 valence electrons. The first-order chi connectivity index (χ1) is 12.3. The minimum atomic E-state index is -3.12. The number of hydrogen-bond acceptors (Lipinski definition) is 4. The lowest BCUT2D eigenvalue weighted by Crippen LogP contribution is -2.30. The van der Waals surface area contributed by atoms with Gasteiger partial charge in [-0.3, -0.25) is 9.88 Å². The molecule has 26 heavy (non-hydrogen) atoms. The van der Waals surface area contributed by atoms with Crippen LogP contribution < -0.4 is 4.74 Å². The summed E-state index contributed by atoms with van der Waals surface area (Å²) in [5.41, 5.74) is 2.60. The average molecular weight is 366 g/mol. The van der Waals surface area contributed by atoms with Crippen molar-refractivity contribution in [1.29, 1.82) is 0 Å². The van der Waals surface area contributed by atoms with Gasteiger partial charge in [-0.1, -0.05) is 6.07 Å². The molecule has 1 fully saturated rings. The molecule has 1 aliphatic rings. The Labute approximate surface area is 148 Å². The van der Waals surface area contributed by atoms with E-state index in [9.17, 15) is 18.0 Å². The highest BCUT2D eigenvalue weighted by Gasteiger charge is 2.29. The number of rotatable bonds is 5. The average Bonchev–Trinajstić information content (AvgIpc) is 2.90. The minimum absolute atomic E-state index is 0.0533. The van der Waals surface area contributed by atoms with Crippen LogP contribution in [0.15, 0.2) is 30.5 Å². The van der Waals surface area contributed by atoms with Crippen LogP contribution in [0.5, 0.6) is 5.75 Å². The van der Waals surface area contributed by atoms with E-state index in [1.54, 1.807) is 24.1 Å². The van der Waals surface area contributed by atoms with E-state index in [1.165, 1.54) is 12.1 Å². The van der Waals surface area contributed by atoms with E-state index in [1.807, 2.05) is 6.92 Å². The fourth-order valence-corrected chi connectivity index (χ4v) is 2.71. The number of ether oxygens (including phenoxy) is 2. The van der Waals surface area contributed by atoms with Gasteiger partial charge in [-0.2, -0.15) is 8.78 Å². The van der Waals surface area contributed by atoms with E-state index >= 15 is 0 Å². The molecule has 0 spiro atoms. The number of nitrogens with zero attached hydrogens (tertiary/aromatic N) is 2. The van der Waals surface area contributed by atoms with Gasteiger partial charge in [0.05, 0.1) is 12.6 Å². The Morgan fingerprint density at radius 1 is 1.35 bits per heavy atom. The highest BCUT2D eigenvalue weighted by molar-refractivity contribution is 5.70. The number of carbonyl (C=O) groups is 1. The molecule has 0 unspecified atom stereocenters. The van der Waals surface area contributed by atoms with Crippen LogP contribution in [0.3, 0.4) is 0 Å². The van der Waals surface area contributed by atoms with Crippen LogP contribution >= 0.6 is 0 Å². The van der Waals surface area contributed by atoms with Crippen molar-refractivity contribution in [2.75, 3.05) is 6.61 Å². The lowest BCUT2D eigenvalue weighted by atomic mass is 10.0. The van der Waals surface area contributed by atoms with Gasteiger partial charge in [-0.15, -0.1) is 0 Å². The molecule has 1 aliphatic heterocycles. The summed E-state index contributed by atoms with van der Waals surface area (Å²) in [7, 11) is 0. The van der Waals surface area contributed by atoms with Crippen LogP contribution in [0.2, 0.25) is 0 Å². The number of halogens is 3. The first-order valence-electron chi connectivity index (χ1n) is 7.99. The van der Waals surface area contributed by atoms with Crippen molar-refractivity contribution in [3.8, 4) is 16.9 Å². The first-order valence-corrected chi connectivity index (χ1v) is 7.99. The Kier molecular flexibility index (Phi) is 5.01. The van der Waals surface area contributed by atoms with Gasteiger partial charge in [0, 0.05) is 17.5 Å². The number of alkyl halides is 2. The Hall–Kier alpha value is -2.77. The molecule has 0 aliphatic carbocycles. The van der Waals surface area contributed by atoms with E-state index in [4.69, 9.17) is 4.74 Å². The van der Waals surface area contributed by atoms with Gasteiger partial charge in [0.25, 0.3) is 0 Å². The monoisotopic (exact) mass is 366 g/mol. The fraction of sp³-hybridized carbons (Fsp3) is 0.333. The van der Waals surface area contributed by atoms with E-state index in [0.717, 1.165) is 17.3 Å². The molecule has 0 bridgehead atoms. The number of aryl methyl sites for hydroxylation is 1. The molecule has 2 aromatic rings. The molecule has 1 aromatic heterocycles. The van der Waals surface area contributed by atoms with Gasteiger partial charge in [0.1, 0.15) is 6.61 Å². The maximum atomic E-state index is 13.6. The normalized spacial score (nSPS) is 16.9. The second-order valence-corrected chi connectivity index (χ2v) is 6.05. The maximum Gasteiger partial charge on any atom is 0.410 e. The van der Waals surface area contributed by atoms with Gasteiger partial charge < -0.3 is 9.47 Å². The van der Waals surface area contributed by atoms with E-state index in [-0.39, 0.29) is 6.04 Å². The standard InChI is InChI=1S/C18H17F3N2O3/c1-10-9-25-18(24)23(10)8-14-5-13(7-22-11(14)2)12-3-4-15(19)16(6-12)26-17(20)21/h3-7,10,17H,8-9H2,1-2H3/t10-/m1/s1. The largest absolute Gasteiger partial charge is 0.447 e. The fourth-order valence-electron chi connectivity index (χ4n) is 2.71. The topological polar surface area (TPSA) is 51.7 Å². The highest BCUT2D eigenvalue weighted by atomic mass is 19.3. The molecule has 1 amide bonds. The van der Waals surface area contributed by atoms with E-state index < -0.39 is 24.3 Å². The van der Waals surface area contributed by atoms with Crippen molar-refractivity contribution in [2.45, 2.75) is 33.0 Å². The molecule has 8 heteroatoms. The zero-order chi connectivity index (χ0) is 18.8. The Bertz CT molecular complexity index is 829. The van der Waals surface area contributed by atoms with Crippen LogP contribution in [0.4, 0.5) is 18.0 Å². The molecule has 3 rings (SSSR count). The predicted octanol–water partition coefficient (Wildman–Crippen LogP) is 4.14. The number of benzene rings is 1. The van der Waals surface area contributed by atoms with Crippen molar-refractivity contribution in [3.05, 3.63) is 47.5 Å². The van der Waals surface area contributed by atoms with E-state index in [2.05, 4.69) is 9.72 Å². The summed E-state index contributed by atoms with van der Waals surface area (Å²) in [6, 6.07) is 5.45. The van der Waals surface area contributed by atoms with Crippen LogP contribution in [0, 0.1) is 12.7 Å². The molecule has 2 heterocycles. The van der Waals surface area contributed by atoms with Crippen LogP contribution in [-0.4, -0.2) is 35.2 Å². The lowest BCUT2D eigenvalue weighted by Gasteiger charge is -2.19. The highest BCUT2D eigenvalue weighted by Crippen LogP contribution is 2.29. The lowest BCUT2D eigenvalue weighted by molar-refractivity contribution is -0.0521. The molecular formula is C18H17F3N2O3. The summed E-state index contributed by atoms with van der Waals surface area (Å²) in [5, 5.41) is 0. The number of cyclic esters (lactones) is 1. The summed E-state index contributed by atoms with van der Waals surface area (Å²) in [6.07, 6.45) is 1.17. The number of aromatic nitrogens is 1. The molecule has 5 nitrogen and oxygen atoms in total. The molecule has 0 N–H and O–H groups in total. The van der Waals surface area contributed by atoms with Gasteiger partial charge in [-0.05, 0) is 43.2 Å². The Morgan fingerprint density at radius 3 is 2.77 bits per heavy atom. The van der Waals surface area contributed by atoms with Crippen molar-refractivity contribution in [1.82, 2.24) is 9.88 Å². The number of hydrogen-bond donors (Lipinski definition) is 0. The third-order valence-electron chi connectivity index (χ3n) is 4.23. The molecule has 1 aromatic carbocycles. The second-order valence-electron chi connectivity index (χ2n) is 6.05. The second kappa shape index (κ2) is 7.23. The van der Waals surface area contributed by atoms with Crippen LogP contribution in [-0.2, 0) is 11.3 Å². The summed E-state index contributed by atoms with van der Waals surface area (Å²) < 4.78 is 47.6. The van der Waals surface area contributed by atoms with Crippen LogP contribution in [0.1, 0.15) is 18.2 Å². The van der Waals surface area contributed by atoms with Gasteiger partial charge in [0.2, 0.25) is 0 Å². The molecule has 1 atom stereocenters. The summed E-state index contributed by atoms with van der Waals surface area (Å²) in [4.78, 5) is 17.7. The van der Waals surface area contributed by atoms with Crippen LogP contribution in [0.25, 0.3) is 11.1 Å². The quantitative estimate of drug-likeness (QED) is 0.798. The maximum absolute atomic E-state index is 13.6. The van der Waals surface area contributed by atoms with Crippen molar-refractivity contribution >= 4 is 6.09 Å². The zero-order valence-electron chi connectivity index (χ0n) is 14.2. The van der Waals surface area contributed by atoms with Crippen molar-refractivity contribution < 1.29 is 27.4 Å². The molecule has 1 saturated heterocycles. The third kappa shape index (κ3) is 3.74. The summed E-state index contributed by atoms with van der Waals surface area (Å²) in [6.45, 7) is 1.21. The number of pyridine rings is 1. The molecular weight excluding hydrogens is 349 g/mol. The van der Waals surface area contributed by atoms with Gasteiger partial charge in [0.15, 0.2) is 11.6 Å². The van der Waals surface area contributed by atoms with Crippen molar-refractivity contribution in [3.63, 3.8) is 0 Å². The SMILES string of the molecule is Cc1ncc(-c2ccc(F)c(OC(F)F)c2)cc1CN1C(=O)OC[C@H]1C. The molecule has 0 radical (unpaired) electrons. The van der Waals surface area contributed by atoms with Gasteiger partial charge in [-0.25, -0.2) is 9.18 Å². The molecule has 0 saturated carbocycles. The zero-order valence-corrected chi connectivity index (χ0v) is 14.2. The van der Waals surface area contributed by atoms with Gasteiger partial charge >= 0.3 is 12.7 Å². The summed E-state index contributed by atoms with van der Waals surface area (Å²) >= 11 is 0. The number of carbonyl (C=O) groups excluding carboxylic acids is 1.